The molecule has 0 saturated carbocycles. The molecule has 1 aromatic carbocycles. The van der Waals surface area contributed by atoms with Crippen molar-refractivity contribution in [1.82, 2.24) is 9.88 Å². The monoisotopic (exact) mass is 355 g/mol. The molecule has 2 aliphatic rings. The lowest BCUT2D eigenvalue weighted by atomic mass is 9.87. The Morgan fingerprint density at radius 1 is 1.38 bits per heavy atom. The van der Waals surface area contributed by atoms with Crippen LogP contribution in [0.25, 0.3) is 0 Å². The van der Waals surface area contributed by atoms with Crippen molar-refractivity contribution in [2.45, 2.75) is 18.9 Å². The second-order valence-corrected chi connectivity index (χ2v) is 6.45. The van der Waals surface area contributed by atoms with Crippen LogP contribution >= 0.6 is 0 Å². The molecule has 1 atom stereocenters. The molecule has 26 heavy (non-hydrogen) atoms. The van der Waals surface area contributed by atoms with Crippen LogP contribution in [0.2, 0.25) is 0 Å². The van der Waals surface area contributed by atoms with Gasteiger partial charge in [-0.05, 0) is 37.2 Å². The van der Waals surface area contributed by atoms with E-state index < -0.39 is 0 Å². The number of rotatable bonds is 4. The van der Waals surface area contributed by atoms with Crippen molar-refractivity contribution in [3.63, 3.8) is 0 Å². The predicted octanol–water partition coefficient (Wildman–Crippen LogP) is 2.62. The van der Waals surface area contributed by atoms with E-state index in [9.17, 15) is 5.21 Å². The van der Waals surface area contributed by atoms with Crippen molar-refractivity contribution in [3.05, 3.63) is 47.3 Å². The zero-order chi connectivity index (χ0) is 18.1. The molecule has 2 aliphatic heterocycles. The topological polar surface area (TPSA) is 76.4 Å². The third-order valence-corrected chi connectivity index (χ3v) is 5.07. The van der Waals surface area contributed by atoms with Crippen LogP contribution in [0.1, 0.15) is 29.2 Å². The lowest BCUT2D eigenvalue weighted by Gasteiger charge is -2.36. The molecule has 7 heteroatoms. The second-order valence-electron chi connectivity index (χ2n) is 6.45. The normalized spacial score (nSPS) is 19.3. The summed E-state index contributed by atoms with van der Waals surface area (Å²) >= 11 is 0. The number of oxime groups is 1. The van der Waals surface area contributed by atoms with Crippen LogP contribution in [0.4, 0.5) is 0 Å². The molecule has 0 saturated heterocycles. The van der Waals surface area contributed by atoms with Gasteiger partial charge in [-0.15, -0.1) is 0 Å². The summed E-state index contributed by atoms with van der Waals surface area (Å²) in [5.41, 5.74) is 3.71. The smallest absolute Gasteiger partial charge is 0.231 e. The lowest BCUT2D eigenvalue weighted by Crippen LogP contribution is -2.34. The molecule has 1 N–H and O–H groups in total. The Kier molecular flexibility index (Phi) is 4.38. The van der Waals surface area contributed by atoms with Gasteiger partial charge in [-0.1, -0.05) is 5.16 Å². The van der Waals surface area contributed by atoms with Gasteiger partial charge in [0.2, 0.25) is 12.5 Å². The maximum absolute atomic E-state index is 9.60. The van der Waals surface area contributed by atoms with Gasteiger partial charge in [0.1, 0.15) is 0 Å². The first-order valence-electron chi connectivity index (χ1n) is 8.54. The van der Waals surface area contributed by atoms with Crippen molar-refractivity contribution in [2.24, 2.45) is 5.16 Å². The molecular weight excluding hydrogens is 334 g/mol. The maximum atomic E-state index is 9.60. The first-order chi connectivity index (χ1) is 12.7. The zero-order valence-electron chi connectivity index (χ0n) is 14.8. The Morgan fingerprint density at radius 3 is 2.92 bits per heavy atom. The highest BCUT2D eigenvalue weighted by Crippen LogP contribution is 2.50. The highest BCUT2D eigenvalue weighted by Gasteiger charge is 2.34. The Labute approximate surface area is 151 Å². The van der Waals surface area contributed by atoms with E-state index in [-0.39, 0.29) is 12.8 Å². The summed E-state index contributed by atoms with van der Waals surface area (Å²) in [6, 6.07) is 5.73. The van der Waals surface area contributed by atoms with E-state index in [0.717, 1.165) is 29.8 Å². The van der Waals surface area contributed by atoms with E-state index in [1.807, 2.05) is 18.2 Å². The minimum Gasteiger partial charge on any atom is -0.492 e. The van der Waals surface area contributed by atoms with Gasteiger partial charge in [0.25, 0.3) is 0 Å². The summed E-state index contributed by atoms with van der Waals surface area (Å²) < 4.78 is 16.9. The largest absolute Gasteiger partial charge is 0.492 e. The molecule has 0 aliphatic carbocycles. The number of hydrogen-bond acceptors (Lipinski definition) is 7. The van der Waals surface area contributed by atoms with Crippen LogP contribution in [0.3, 0.4) is 0 Å². The second kappa shape index (κ2) is 6.84. The molecule has 0 unspecified atom stereocenters. The summed E-state index contributed by atoms with van der Waals surface area (Å²) in [6.45, 7) is 1.10. The van der Waals surface area contributed by atoms with Crippen molar-refractivity contribution in [1.29, 1.82) is 0 Å². The number of benzene rings is 1. The number of hydrogen-bond donors (Lipinski definition) is 1. The van der Waals surface area contributed by atoms with Crippen molar-refractivity contribution < 1.29 is 19.4 Å². The van der Waals surface area contributed by atoms with E-state index in [4.69, 9.17) is 14.2 Å². The molecule has 7 nitrogen and oxygen atoms in total. The molecule has 4 rings (SSSR count). The van der Waals surface area contributed by atoms with E-state index >= 15 is 0 Å². The van der Waals surface area contributed by atoms with Crippen LogP contribution in [0, 0.1) is 0 Å². The average molecular weight is 355 g/mol. The third kappa shape index (κ3) is 2.74. The average Bonchev–Trinajstić information content (AvgIpc) is 3.14. The molecular formula is C19H21N3O4. The summed E-state index contributed by atoms with van der Waals surface area (Å²) in [5.74, 6) is 2.09. The van der Waals surface area contributed by atoms with Crippen molar-refractivity contribution in [2.75, 3.05) is 27.5 Å². The Morgan fingerprint density at radius 2 is 2.19 bits per heavy atom. The van der Waals surface area contributed by atoms with E-state index in [1.54, 1.807) is 19.5 Å². The minimum atomic E-state index is 0.00210. The zero-order valence-corrected chi connectivity index (χ0v) is 14.8. The van der Waals surface area contributed by atoms with E-state index in [0.29, 0.717) is 23.6 Å². The SMILES string of the molecule is COc1c2c(cc3c1[C@H](C/C(=N/O)c1ccncc1)N(C)CC3)OCO2. The Balaban J connectivity index is 1.76. The van der Waals surface area contributed by atoms with Gasteiger partial charge in [-0.25, -0.2) is 0 Å². The first kappa shape index (κ1) is 16.7. The van der Waals surface area contributed by atoms with Crippen molar-refractivity contribution >= 4 is 5.71 Å². The maximum Gasteiger partial charge on any atom is 0.231 e. The molecule has 2 aromatic rings. The molecule has 0 amide bonds. The summed E-state index contributed by atoms with van der Waals surface area (Å²) in [4.78, 5) is 6.28. The van der Waals surface area contributed by atoms with Crippen molar-refractivity contribution in [3.8, 4) is 17.2 Å². The molecule has 0 fully saturated rings. The van der Waals surface area contributed by atoms with Gasteiger partial charge in [0, 0.05) is 42.5 Å². The molecule has 0 spiro atoms. The van der Waals surface area contributed by atoms with Gasteiger partial charge in [-0.2, -0.15) is 0 Å². The van der Waals surface area contributed by atoms with Crippen LogP contribution in [-0.4, -0.2) is 48.3 Å². The van der Waals surface area contributed by atoms with Crippen LogP contribution < -0.4 is 14.2 Å². The number of nitrogens with zero attached hydrogens (tertiary/aromatic N) is 3. The number of fused-ring (bicyclic) bond motifs is 2. The fourth-order valence-electron chi connectivity index (χ4n) is 3.73. The quantitative estimate of drug-likeness (QED) is 0.516. The van der Waals surface area contributed by atoms with Gasteiger partial charge in [0.15, 0.2) is 11.5 Å². The number of ether oxygens (including phenoxy) is 3. The standard InChI is InChI=1S/C19H21N3O4/c1-22-8-5-13-9-16-18(26-11-25-16)19(24-2)17(13)15(22)10-14(21-23)12-3-6-20-7-4-12/h3-4,6-7,9,15,23H,5,8,10-11H2,1-2H3/b21-14-/t15-/m0/s1. The number of likely N-dealkylation sites (N-methyl/N-ethyl adjacent to an activating group) is 1. The van der Waals surface area contributed by atoms with Gasteiger partial charge < -0.3 is 19.4 Å². The van der Waals surface area contributed by atoms with Crippen LogP contribution in [-0.2, 0) is 6.42 Å². The highest BCUT2D eigenvalue weighted by molar-refractivity contribution is 6.00. The fraction of sp³-hybridized carbons (Fsp3) is 0.368. The predicted molar refractivity (Wildman–Crippen MR) is 95.4 cm³/mol. The molecule has 1 aromatic heterocycles. The number of methoxy groups -OCH3 is 1. The number of aromatic nitrogens is 1. The number of pyridine rings is 1. The lowest BCUT2D eigenvalue weighted by molar-refractivity contribution is 0.170. The summed E-state index contributed by atoms with van der Waals surface area (Å²) in [5, 5.41) is 13.2. The molecule has 3 heterocycles. The van der Waals surface area contributed by atoms with Crippen LogP contribution in [0.15, 0.2) is 35.7 Å². The third-order valence-electron chi connectivity index (χ3n) is 5.07. The fourth-order valence-corrected chi connectivity index (χ4v) is 3.73. The van der Waals surface area contributed by atoms with Gasteiger partial charge >= 0.3 is 0 Å². The first-order valence-corrected chi connectivity index (χ1v) is 8.54. The van der Waals surface area contributed by atoms with E-state index in [2.05, 4.69) is 22.1 Å². The molecule has 136 valence electrons. The van der Waals surface area contributed by atoms with Gasteiger partial charge in [0.05, 0.1) is 12.8 Å². The Hall–Kier alpha value is -2.80. The highest BCUT2D eigenvalue weighted by atomic mass is 16.7. The Bertz CT molecular complexity index is 838. The molecule has 0 bridgehead atoms. The van der Waals surface area contributed by atoms with E-state index in [1.165, 1.54) is 5.56 Å². The summed E-state index contributed by atoms with van der Waals surface area (Å²) in [6.07, 6.45) is 4.82. The molecule has 0 radical (unpaired) electrons. The van der Waals surface area contributed by atoms with Gasteiger partial charge in [-0.3, -0.25) is 9.88 Å². The summed E-state index contributed by atoms with van der Waals surface area (Å²) in [7, 11) is 3.71. The minimum absolute atomic E-state index is 0.00210. The van der Waals surface area contributed by atoms with Crippen LogP contribution in [0.5, 0.6) is 17.2 Å².